The Morgan fingerprint density at radius 1 is 1.50 bits per heavy atom. The third kappa shape index (κ3) is 2.96. The van der Waals surface area contributed by atoms with E-state index in [0.717, 1.165) is 30.5 Å². The van der Waals surface area contributed by atoms with Gasteiger partial charge in [0.25, 0.3) is 0 Å². The summed E-state index contributed by atoms with van der Waals surface area (Å²) in [6.07, 6.45) is 8.66. The summed E-state index contributed by atoms with van der Waals surface area (Å²) in [5.74, 6) is 1.57. The van der Waals surface area contributed by atoms with Crippen molar-refractivity contribution in [2.24, 2.45) is 16.3 Å². The fourth-order valence-corrected chi connectivity index (χ4v) is 5.35. The molecule has 5 nitrogen and oxygen atoms in total. The van der Waals surface area contributed by atoms with Crippen molar-refractivity contribution >= 4 is 41.3 Å². The highest BCUT2D eigenvalue weighted by Gasteiger charge is 2.66. The first-order chi connectivity index (χ1) is 11.3. The molecule has 0 amide bonds. The average molecular weight is 462 g/mol. The minimum Gasteiger partial charge on any atom is -0.377 e. The van der Waals surface area contributed by atoms with Gasteiger partial charge in [0, 0.05) is 42.1 Å². The Kier molecular flexibility index (Phi) is 5.71. The molecule has 4 rings (SSSR count). The standard InChI is InChI=1S/C17H26N4OS.HI/c1-3-11-9-19-13(23-11)10-20-16(18-2)21-14-12-5-8-22-15(12)17(14)6-4-7-17;/h9,12,14-15H,3-8,10H2,1-2H3,(H2,18,20,21);1H. The number of aryl methyl sites for hydroxylation is 1. The van der Waals surface area contributed by atoms with Crippen LogP contribution in [0.25, 0.3) is 0 Å². The van der Waals surface area contributed by atoms with E-state index in [1.165, 1.54) is 30.6 Å². The van der Waals surface area contributed by atoms with Gasteiger partial charge in [0.15, 0.2) is 5.96 Å². The molecule has 3 aliphatic rings. The Hall–Kier alpha value is -0.410. The van der Waals surface area contributed by atoms with Crippen molar-refractivity contribution in [3.8, 4) is 0 Å². The normalized spacial score (nSPS) is 30.1. The molecule has 2 aliphatic carbocycles. The molecule has 0 bridgehead atoms. The lowest BCUT2D eigenvalue weighted by Crippen LogP contribution is -2.72. The number of aromatic nitrogens is 1. The molecule has 3 fully saturated rings. The fraction of sp³-hybridized carbons (Fsp3) is 0.765. The van der Waals surface area contributed by atoms with Crippen LogP contribution >= 0.6 is 35.3 Å². The van der Waals surface area contributed by atoms with Gasteiger partial charge in [-0.05, 0) is 25.7 Å². The minimum absolute atomic E-state index is 0. The van der Waals surface area contributed by atoms with Crippen molar-refractivity contribution in [3.05, 3.63) is 16.1 Å². The van der Waals surface area contributed by atoms with Gasteiger partial charge in [-0.15, -0.1) is 35.3 Å². The van der Waals surface area contributed by atoms with Crippen LogP contribution in [0.4, 0.5) is 0 Å². The van der Waals surface area contributed by atoms with Crippen LogP contribution in [0.5, 0.6) is 0 Å². The lowest BCUT2D eigenvalue weighted by Gasteiger charge is -2.63. The molecule has 0 radical (unpaired) electrons. The summed E-state index contributed by atoms with van der Waals surface area (Å²) < 4.78 is 5.99. The largest absolute Gasteiger partial charge is 0.377 e. The first-order valence-corrected chi connectivity index (χ1v) is 9.61. The molecule has 1 aromatic rings. The summed E-state index contributed by atoms with van der Waals surface area (Å²) in [6, 6.07) is 0.525. The third-order valence-electron chi connectivity index (χ3n) is 5.91. The molecule has 1 aliphatic heterocycles. The predicted octanol–water partition coefficient (Wildman–Crippen LogP) is 2.95. The van der Waals surface area contributed by atoms with E-state index in [1.807, 2.05) is 13.2 Å². The number of thiazole rings is 1. The number of aliphatic imine (C=N–C) groups is 1. The first-order valence-electron chi connectivity index (χ1n) is 8.79. The highest BCUT2D eigenvalue weighted by atomic mass is 127. The molecular weight excluding hydrogens is 435 g/mol. The Morgan fingerprint density at radius 2 is 2.33 bits per heavy atom. The second-order valence-corrected chi connectivity index (χ2v) is 8.15. The molecule has 2 heterocycles. The van der Waals surface area contributed by atoms with Crippen molar-refractivity contribution in [2.75, 3.05) is 13.7 Å². The van der Waals surface area contributed by atoms with E-state index in [0.29, 0.717) is 23.5 Å². The Labute approximate surface area is 165 Å². The summed E-state index contributed by atoms with van der Waals surface area (Å²) in [5, 5.41) is 8.25. The van der Waals surface area contributed by atoms with Crippen LogP contribution in [-0.4, -0.2) is 36.7 Å². The molecule has 7 heteroatoms. The molecule has 1 spiro atoms. The zero-order valence-corrected chi connectivity index (χ0v) is 17.5. The zero-order valence-electron chi connectivity index (χ0n) is 14.4. The number of hydrogen-bond acceptors (Lipinski definition) is 4. The van der Waals surface area contributed by atoms with Gasteiger partial charge in [-0.3, -0.25) is 4.99 Å². The maximum Gasteiger partial charge on any atom is 0.191 e. The van der Waals surface area contributed by atoms with E-state index in [2.05, 4.69) is 27.5 Å². The molecule has 3 unspecified atom stereocenters. The van der Waals surface area contributed by atoms with Crippen LogP contribution in [0.2, 0.25) is 0 Å². The SMILES string of the molecule is CCc1cnc(CNC(=NC)NC2C3CCOC3C23CCC3)s1.I. The number of guanidine groups is 1. The van der Waals surface area contributed by atoms with E-state index < -0.39 is 0 Å². The average Bonchev–Trinajstić information content (AvgIpc) is 3.14. The van der Waals surface area contributed by atoms with Gasteiger partial charge in [0.2, 0.25) is 0 Å². The summed E-state index contributed by atoms with van der Waals surface area (Å²) in [5.41, 5.74) is 0.384. The summed E-state index contributed by atoms with van der Waals surface area (Å²) in [6.45, 7) is 3.84. The van der Waals surface area contributed by atoms with Gasteiger partial charge in [0.1, 0.15) is 5.01 Å². The maximum absolute atomic E-state index is 5.99. The van der Waals surface area contributed by atoms with Crippen molar-refractivity contribution in [1.29, 1.82) is 0 Å². The van der Waals surface area contributed by atoms with Gasteiger partial charge in [0.05, 0.1) is 12.6 Å². The molecular formula is C17H27IN4OS. The Morgan fingerprint density at radius 3 is 2.96 bits per heavy atom. The molecule has 1 aromatic heterocycles. The minimum atomic E-state index is 0. The zero-order chi connectivity index (χ0) is 15.9. The number of fused-ring (bicyclic) bond motifs is 2. The second kappa shape index (κ2) is 7.45. The van der Waals surface area contributed by atoms with Crippen LogP contribution in [0, 0.1) is 11.3 Å². The lowest BCUT2D eigenvalue weighted by molar-refractivity contribution is -0.171. The van der Waals surface area contributed by atoms with Crippen LogP contribution in [0.3, 0.4) is 0 Å². The Balaban J connectivity index is 0.00000169. The number of hydrogen-bond donors (Lipinski definition) is 2. The van der Waals surface area contributed by atoms with Gasteiger partial charge < -0.3 is 15.4 Å². The number of rotatable bonds is 4. The van der Waals surface area contributed by atoms with Crippen LogP contribution < -0.4 is 10.6 Å². The second-order valence-electron chi connectivity index (χ2n) is 6.95. The number of ether oxygens (including phenoxy) is 1. The van der Waals surface area contributed by atoms with Gasteiger partial charge >= 0.3 is 0 Å². The van der Waals surface area contributed by atoms with E-state index in [9.17, 15) is 0 Å². The predicted molar refractivity (Wildman–Crippen MR) is 108 cm³/mol. The van der Waals surface area contributed by atoms with Crippen molar-refractivity contribution in [2.45, 2.75) is 57.7 Å². The van der Waals surface area contributed by atoms with Crippen LogP contribution in [0.15, 0.2) is 11.2 Å². The van der Waals surface area contributed by atoms with Crippen molar-refractivity contribution in [1.82, 2.24) is 15.6 Å². The van der Waals surface area contributed by atoms with Crippen LogP contribution in [0.1, 0.15) is 42.5 Å². The number of halogens is 1. The smallest absolute Gasteiger partial charge is 0.191 e. The molecule has 24 heavy (non-hydrogen) atoms. The highest BCUT2D eigenvalue weighted by Crippen LogP contribution is 2.62. The molecule has 3 atom stereocenters. The summed E-state index contributed by atoms with van der Waals surface area (Å²) in [7, 11) is 1.85. The lowest BCUT2D eigenvalue weighted by atomic mass is 9.46. The molecule has 2 N–H and O–H groups in total. The summed E-state index contributed by atoms with van der Waals surface area (Å²) in [4.78, 5) is 10.2. The number of nitrogens with one attached hydrogen (secondary N) is 2. The highest BCUT2D eigenvalue weighted by molar-refractivity contribution is 14.0. The Bertz CT molecular complexity index is 601. The molecule has 0 aromatic carbocycles. The maximum atomic E-state index is 5.99. The van der Waals surface area contributed by atoms with E-state index in [1.54, 1.807) is 11.3 Å². The first kappa shape index (κ1) is 18.4. The van der Waals surface area contributed by atoms with Gasteiger partial charge in [-0.25, -0.2) is 4.98 Å². The van der Waals surface area contributed by atoms with Crippen molar-refractivity contribution < 1.29 is 4.74 Å². The van der Waals surface area contributed by atoms with Gasteiger partial charge in [-0.1, -0.05) is 13.3 Å². The van der Waals surface area contributed by atoms with Gasteiger partial charge in [-0.2, -0.15) is 0 Å². The van der Waals surface area contributed by atoms with Crippen LogP contribution in [-0.2, 0) is 17.7 Å². The van der Waals surface area contributed by atoms with E-state index >= 15 is 0 Å². The third-order valence-corrected chi connectivity index (χ3v) is 7.05. The number of nitrogens with zero attached hydrogens (tertiary/aromatic N) is 2. The van der Waals surface area contributed by atoms with E-state index in [4.69, 9.17) is 4.74 Å². The fourth-order valence-electron chi connectivity index (χ4n) is 4.55. The van der Waals surface area contributed by atoms with Crippen molar-refractivity contribution in [3.63, 3.8) is 0 Å². The summed E-state index contributed by atoms with van der Waals surface area (Å²) >= 11 is 1.78. The molecule has 1 saturated heterocycles. The molecule has 134 valence electrons. The quantitative estimate of drug-likeness (QED) is 0.411. The monoisotopic (exact) mass is 462 g/mol. The van der Waals surface area contributed by atoms with E-state index in [-0.39, 0.29) is 24.0 Å². The molecule has 2 saturated carbocycles. The topological polar surface area (TPSA) is 58.5 Å².